The van der Waals surface area contributed by atoms with Crippen molar-refractivity contribution in [3.8, 4) is 0 Å². The zero-order valence-corrected chi connectivity index (χ0v) is 20.3. The van der Waals surface area contributed by atoms with E-state index in [4.69, 9.17) is 11.6 Å². The van der Waals surface area contributed by atoms with Crippen LogP contribution in [0.25, 0.3) is 0 Å². The van der Waals surface area contributed by atoms with Gasteiger partial charge in [-0.2, -0.15) is 0 Å². The van der Waals surface area contributed by atoms with Gasteiger partial charge in [0.1, 0.15) is 5.82 Å². The van der Waals surface area contributed by atoms with E-state index in [1.54, 1.807) is 23.1 Å². The molecule has 3 fully saturated rings. The van der Waals surface area contributed by atoms with Crippen LogP contribution in [0.2, 0.25) is 5.02 Å². The maximum absolute atomic E-state index is 15.0. The van der Waals surface area contributed by atoms with Gasteiger partial charge in [0.15, 0.2) is 0 Å². The van der Waals surface area contributed by atoms with Gasteiger partial charge in [-0.15, -0.1) is 0 Å². The minimum atomic E-state index is -1.50. The van der Waals surface area contributed by atoms with Crippen LogP contribution in [-0.4, -0.2) is 59.7 Å². The molecule has 1 aliphatic carbocycles. The van der Waals surface area contributed by atoms with Crippen LogP contribution >= 0.6 is 11.6 Å². The molecule has 184 valence electrons. The van der Waals surface area contributed by atoms with E-state index in [-0.39, 0.29) is 36.3 Å². The van der Waals surface area contributed by atoms with Gasteiger partial charge in [0.25, 0.3) is 0 Å². The maximum Gasteiger partial charge on any atom is 0.241 e. The van der Waals surface area contributed by atoms with Gasteiger partial charge in [0.05, 0.1) is 16.1 Å². The molecule has 3 aliphatic rings. The number of rotatable bonds is 5. The summed E-state index contributed by atoms with van der Waals surface area (Å²) in [4.78, 5) is 45.6. The lowest BCUT2D eigenvalue weighted by Gasteiger charge is -2.38. The Bertz CT molecular complexity index is 1140. The quantitative estimate of drug-likeness (QED) is 0.582. The first-order valence-electron chi connectivity index (χ1n) is 12.3. The molecule has 0 N–H and O–H groups in total. The van der Waals surface area contributed by atoms with Crippen LogP contribution in [0.15, 0.2) is 48.5 Å². The third kappa shape index (κ3) is 4.31. The Kier molecular flexibility index (Phi) is 6.53. The zero-order chi connectivity index (χ0) is 24.6. The summed E-state index contributed by atoms with van der Waals surface area (Å²) in [7, 11) is 0. The van der Waals surface area contributed by atoms with Gasteiger partial charge in [-0.25, -0.2) is 4.39 Å². The summed E-state index contributed by atoms with van der Waals surface area (Å²) in [5, 5.41) is 0.660. The molecule has 6 nitrogen and oxygen atoms in total. The molecule has 2 aliphatic heterocycles. The highest BCUT2D eigenvalue weighted by atomic mass is 35.5. The van der Waals surface area contributed by atoms with Crippen molar-refractivity contribution >= 4 is 35.0 Å². The summed E-state index contributed by atoms with van der Waals surface area (Å²) in [6.45, 7) is 2.13. The Hall–Kier alpha value is -2.93. The van der Waals surface area contributed by atoms with Gasteiger partial charge in [0, 0.05) is 50.6 Å². The lowest BCUT2D eigenvalue weighted by Crippen LogP contribution is -2.51. The molecular formula is C27H29ClFN3O3. The molecule has 0 aromatic heterocycles. The fourth-order valence-electron chi connectivity index (χ4n) is 5.86. The molecule has 3 amide bonds. The third-order valence-corrected chi connectivity index (χ3v) is 8.03. The lowest BCUT2D eigenvalue weighted by molar-refractivity contribution is -0.144. The fraction of sp³-hybridized carbons (Fsp3) is 0.444. The van der Waals surface area contributed by atoms with E-state index in [1.807, 2.05) is 24.3 Å². The molecule has 1 atom stereocenters. The standard InChI is InChI=1S/C27H29ClFN3O3/c28-21-10-4-6-12-23(21)30-13-15-31(16-14-30)24(33)17-27(20-9-3-5-11-22(20)29)18-25(34)32(26(27)35)19-7-1-2-8-19/h3-6,9-12,19H,1-2,7-8,13-18H2/t27-/m1/s1. The van der Waals surface area contributed by atoms with E-state index >= 15 is 4.39 Å². The lowest BCUT2D eigenvalue weighted by atomic mass is 9.75. The molecule has 2 heterocycles. The number of carbonyl (C=O) groups is 3. The number of anilines is 1. The van der Waals surface area contributed by atoms with Crippen molar-refractivity contribution in [1.82, 2.24) is 9.80 Å². The molecule has 0 radical (unpaired) electrons. The first-order chi connectivity index (χ1) is 16.9. The monoisotopic (exact) mass is 497 g/mol. The van der Waals surface area contributed by atoms with Gasteiger partial charge in [-0.1, -0.05) is 54.8 Å². The summed E-state index contributed by atoms with van der Waals surface area (Å²) in [5.74, 6) is -1.52. The minimum Gasteiger partial charge on any atom is -0.367 e. The van der Waals surface area contributed by atoms with Crippen molar-refractivity contribution in [2.45, 2.75) is 50.0 Å². The summed E-state index contributed by atoms with van der Waals surface area (Å²) in [6, 6.07) is 13.5. The smallest absolute Gasteiger partial charge is 0.241 e. The van der Waals surface area contributed by atoms with E-state index in [0.29, 0.717) is 31.2 Å². The number of piperazine rings is 1. The van der Waals surface area contributed by atoms with Gasteiger partial charge in [-0.3, -0.25) is 19.3 Å². The second-order valence-electron chi connectivity index (χ2n) is 9.74. The molecule has 0 bridgehead atoms. The number of halogens is 2. The molecule has 5 rings (SSSR count). The summed E-state index contributed by atoms with van der Waals surface area (Å²) in [6.07, 6.45) is 3.07. The number of hydrogen-bond acceptors (Lipinski definition) is 4. The van der Waals surface area contributed by atoms with E-state index in [2.05, 4.69) is 4.90 Å². The van der Waals surface area contributed by atoms with Crippen LogP contribution in [0.3, 0.4) is 0 Å². The van der Waals surface area contributed by atoms with Crippen LogP contribution in [0.5, 0.6) is 0 Å². The van der Waals surface area contributed by atoms with Gasteiger partial charge in [0.2, 0.25) is 17.7 Å². The number of carbonyl (C=O) groups excluding carboxylic acids is 3. The second kappa shape index (κ2) is 9.61. The van der Waals surface area contributed by atoms with Crippen molar-refractivity contribution < 1.29 is 18.8 Å². The highest BCUT2D eigenvalue weighted by Crippen LogP contribution is 2.44. The normalized spacial score (nSPS) is 23.4. The van der Waals surface area contributed by atoms with Gasteiger partial charge in [-0.05, 0) is 31.0 Å². The molecule has 2 aromatic carbocycles. The molecule has 8 heteroatoms. The van der Waals surface area contributed by atoms with Crippen molar-refractivity contribution in [3.05, 3.63) is 64.9 Å². The second-order valence-corrected chi connectivity index (χ2v) is 10.1. The molecule has 0 spiro atoms. The van der Waals surface area contributed by atoms with Crippen molar-refractivity contribution in [1.29, 1.82) is 0 Å². The largest absolute Gasteiger partial charge is 0.367 e. The Morgan fingerprint density at radius 3 is 2.31 bits per heavy atom. The topological polar surface area (TPSA) is 60.9 Å². The Morgan fingerprint density at radius 1 is 0.971 bits per heavy atom. The number of para-hydroxylation sites is 1. The molecule has 0 unspecified atom stereocenters. The van der Waals surface area contributed by atoms with E-state index < -0.39 is 17.1 Å². The molecule has 2 aromatic rings. The van der Waals surface area contributed by atoms with Crippen LogP contribution in [-0.2, 0) is 19.8 Å². The Balaban J connectivity index is 1.38. The van der Waals surface area contributed by atoms with Crippen LogP contribution < -0.4 is 4.90 Å². The Labute approximate surface area is 209 Å². The van der Waals surface area contributed by atoms with Crippen molar-refractivity contribution in [2.75, 3.05) is 31.1 Å². The molecule has 2 saturated heterocycles. The van der Waals surface area contributed by atoms with E-state index in [9.17, 15) is 14.4 Å². The first-order valence-corrected chi connectivity index (χ1v) is 12.7. The highest BCUT2D eigenvalue weighted by molar-refractivity contribution is 6.33. The van der Waals surface area contributed by atoms with Gasteiger partial charge < -0.3 is 9.80 Å². The predicted octanol–water partition coefficient (Wildman–Crippen LogP) is 4.16. The fourth-order valence-corrected chi connectivity index (χ4v) is 6.12. The third-order valence-electron chi connectivity index (χ3n) is 7.71. The van der Waals surface area contributed by atoms with E-state index in [1.165, 1.54) is 11.0 Å². The zero-order valence-electron chi connectivity index (χ0n) is 19.6. The number of nitrogens with zero attached hydrogens (tertiary/aromatic N) is 3. The van der Waals surface area contributed by atoms with Crippen LogP contribution in [0.4, 0.5) is 10.1 Å². The number of amides is 3. The summed E-state index contributed by atoms with van der Waals surface area (Å²) >= 11 is 6.34. The highest BCUT2D eigenvalue weighted by Gasteiger charge is 2.56. The molecule has 1 saturated carbocycles. The van der Waals surface area contributed by atoms with Crippen LogP contribution in [0.1, 0.15) is 44.1 Å². The summed E-state index contributed by atoms with van der Waals surface area (Å²) < 4.78 is 15.0. The maximum atomic E-state index is 15.0. The molecular weight excluding hydrogens is 469 g/mol. The number of imide groups is 1. The van der Waals surface area contributed by atoms with Crippen LogP contribution in [0, 0.1) is 5.82 Å². The first kappa shape index (κ1) is 23.8. The molecule has 35 heavy (non-hydrogen) atoms. The van der Waals surface area contributed by atoms with Crippen molar-refractivity contribution in [3.63, 3.8) is 0 Å². The average Bonchev–Trinajstić information content (AvgIpc) is 3.46. The minimum absolute atomic E-state index is 0.141. The number of likely N-dealkylation sites (tertiary alicyclic amines) is 1. The Morgan fingerprint density at radius 2 is 1.63 bits per heavy atom. The summed E-state index contributed by atoms with van der Waals surface area (Å²) in [5.41, 5.74) is -0.433. The number of benzene rings is 2. The van der Waals surface area contributed by atoms with Gasteiger partial charge >= 0.3 is 0 Å². The number of hydrogen-bond donors (Lipinski definition) is 0. The average molecular weight is 498 g/mol. The van der Waals surface area contributed by atoms with E-state index in [0.717, 1.165) is 31.4 Å². The predicted molar refractivity (Wildman–Crippen MR) is 132 cm³/mol. The van der Waals surface area contributed by atoms with Crippen molar-refractivity contribution in [2.24, 2.45) is 0 Å². The SMILES string of the molecule is O=C(C[C@]1(c2ccccc2F)CC(=O)N(C2CCCC2)C1=O)N1CCN(c2ccccc2Cl)CC1.